The van der Waals surface area contributed by atoms with Crippen molar-refractivity contribution in [3.05, 3.63) is 30.1 Å². The van der Waals surface area contributed by atoms with Crippen LogP contribution in [0, 0.1) is 5.92 Å². The summed E-state index contributed by atoms with van der Waals surface area (Å²) in [6, 6.07) is 3.49. The molecule has 0 atom stereocenters. The van der Waals surface area contributed by atoms with E-state index in [0.717, 1.165) is 19.0 Å². The second kappa shape index (κ2) is 9.74. The minimum absolute atomic E-state index is 0.117. The zero-order chi connectivity index (χ0) is 15.5. The standard InChI is InChI=1S/C15H25N5O/c1-4-17-15(20-10-12(2)3)19-9-8-18-14(21)13-6-5-7-16-11-13/h5-7,11-12H,4,8-10H2,1-3H3,(H,18,21)(H2,17,19,20). The van der Waals surface area contributed by atoms with Crippen LogP contribution in [-0.2, 0) is 0 Å². The lowest BCUT2D eigenvalue weighted by Gasteiger charge is -2.12. The highest BCUT2D eigenvalue weighted by atomic mass is 16.1. The number of hydrogen-bond acceptors (Lipinski definition) is 3. The van der Waals surface area contributed by atoms with Crippen molar-refractivity contribution in [2.75, 3.05) is 26.2 Å². The first-order valence-electron chi connectivity index (χ1n) is 7.34. The molecule has 21 heavy (non-hydrogen) atoms. The molecule has 0 aromatic carbocycles. The molecule has 1 heterocycles. The van der Waals surface area contributed by atoms with Gasteiger partial charge in [0.1, 0.15) is 0 Å². The number of guanidine groups is 1. The molecular formula is C15H25N5O. The molecule has 0 fully saturated rings. The van der Waals surface area contributed by atoms with E-state index in [2.05, 4.69) is 39.8 Å². The summed E-state index contributed by atoms with van der Waals surface area (Å²) in [5.74, 6) is 1.18. The van der Waals surface area contributed by atoms with Crippen molar-refractivity contribution in [1.82, 2.24) is 20.9 Å². The summed E-state index contributed by atoms with van der Waals surface area (Å²) in [5, 5.41) is 9.20. The molecular weight excluding hydrogens is 266 g/mol. The monoisotopic (exact) mass is 291 g/mol. The van der Waals surface area contributed by atoms with Gasteiger partial charge in [0.15, 0.2) is 5.96 Å². The molecule has 0 aliphatic heterocycles. The summed E-state index contributed by atoms with van der Waals surface area (Å²) in [6.45, 7) is 9.01. The molecule has 1 rings (SSSR count). The van der Waals surface area contributed by atoms with Crippen molar-refractivity contribution in [2.24, 2.45) is 10.9 Å². The molecule has 116 valence electrons. The predicted molar refractivity (Wildman–Crippen MR) is 85.4 cm³/mol. The van der Waals surface area contributed by atoms with Gasteiger partial charge in [-0.25, -0.2) is 0 Å². The summed E-state index contributed by atoms with van der Waals surface area (Å²) in [7, 11) is 0. The van der Waals surface area contributed by atoms with Gasteiger partial charge in [-0.2, -0.15) is 0 Å². The topological polar surface area (TPSA) is 78.4 Å². The minimum Gasteiger partial charge on any atom is -0.357 e. The first kappa shape index (κ1) is 16.9. The third-order valence-corrected chi connectivity index (χ3v) is 2.59. The molecule has 0 unspecified atom stereocenters. The third kappa shape index (κ3) is 7.29. The van der Waals surface area contributed by atoms with Gasteiger partial charge < -0.3 is 16.0 Å². The lowest BCUT2D eigenvalue weighted by Crippen LogP contribution is -2.41. The first-order valence-corrected chi connectivity index (χ1v) is 7.34. The lowest BCUT2D eigenvalue weighted by molar-refractivity contribution is 0.0954. The van der Waals surface area contributed by atoms with Gasteiger partial charge in [0.05, 0.1) is 5.56 Å². The van der Waals surface area contributed by atoms with Gasteiger partial charge in [0.25, 0.3) is 5.91 Å². The maximum absolute atomic E-state index is 11.8. The summed E-state index contributed by atoms with van der Waals surface area (Å²) < 4.78 is 0. The van der Waals surface area contributed by atoms with Crippen LogP contribution in [-0.4, -0.2) is 43.0 Å². The summed E-state index contributed by atoms with van der Waals surface area (Å²) in [5.41, 5.74) is 0.567. The number of nitrogens with zero attached hydrogens (tertiary/aromatic N) is 2. The Bertz CT molecular complexity index is 445. The van der Waals surface area contributed by atoms with Crippen LogP contribution in [0.25, 0.3) is 0 Å². The predicted octanol–water partition coefficient (Wildman–Crippen LogP) is 1.02. The lowest BCUT2D eigenvalue weighted by atomic mass is 10.2. The van der Waals surface area contributed by atoms with E-state index in [1.165, 1.54) is 0 Å². The molecule has 3 N–H and O–H groups in total. The number of aliphatic imine (C=N–C) groups is 1. The molecule has 0 aliphatic rings. The van der Waals surface area contributed by atoms with E-state index >= 15 is 0 Å². The maximum Gasteiger partial charge on any atom is 0.252 e. The highest BCUT2D eigenvalue weighted by Gasteiger charge is 2.04. The summed E-state index contributed by atoms with van der Waals surface area (Å²) in [6.07, 6.45) is 3.20. The number of pyridine rings is 1. The van der Waals surface area contributed by atoms with Gasteiger partial charge in [-0.1, -0.05) is 13.8 Å². The van der Waals surface area contributed by atoms with E-state index in [1.807, 2.05) is 6.92 Å². The van der Waals surface area contributed by atoms with Crippen LogP contribution in [0.4, 0.5) is 0 Å². The number of aromatic nitrogens is 1. The molecule has 6 nitrogen and oxygen atoms in total. The highest BCUT2D eigenvalue weighted by molar-refractivity contribution is 5.93. The molecule has 0 radical (unpaired) electrons. The second-order valence-electron chi connectivity index (χ2n) is 5.04. The SMILES string of the molecule is CCNC(=NCC(C)C)NCCNC(=O)c1cccnc1. The van der Waals surface area contributed by atoms with Gasteiger partial charge in [-0.3, -0.25) is 14.8 Å². The minimum atomic E-state index is -0.117. The zero-order valence-electron chi connectivity index (χ0n) is 13.0. The molecule has 0 saturated heterocycles. The Hall–Kier alpha value is -2.11. The van der Waals surface area contributed by atoms with Crippen molar-refractivity contribution in [1.29, 1.82) is 0 Å². The van der Waals surface area contributed by atoms with Gasteiger partial charge in [-0.05, 0) is 25.0 Å². The van der Waals surface area contributed by atoms with Crippen molar-refractivity contribution in [3.63, 3.8) is 0 Å². The van der Waals surface area contributed by atoms with Crippen molar-refractivity contribution in [2.45, 2.75) is 20.8 Å². The van der Waals surface area contributed by atoms with Crippen LogP contribution >= 0.6 is 0 Å². The van der Waals surface area contributed by atoms with E-state index in [9.17, 15) is 4.79 Å². The molecule has 1 aromatic heterocycles. The Morgan fingerprint density at radius 1 is 1.29 bits per heavy atom. The smallest absolute Gasteiger partial charge is 0.252 e. The van der Waals surface area contributed by atoms with E-state index in [1.54, 1.807) is 24.5 Å². The van der Waals surface area contributed by atoms with Crippen LogP contribution in [0.2, 0.25) is 0 Å². The van der Waals surface area contributed by atoms with Crippen molar-refractivity contribution >= 4 is 11.9 Å². The molecule has 1 amide bonds. The van der Waals surface area contributed by atoms with Crippen LogP contribution < -0.4 is 16.0 Å². The number of nitrogens with one attached hydrogen (secondary N) is 3. The quantitative estimate of drug-likeness (QED) is 0.398. The van der Waals surface area contributed by atoms with Gasteiger partial charge in [0, 0.05) is 38.6 Å². The molecule has 0 aliphatic carbocycles. The fraction of sp³-hybridized carbons (Fsp3) is 0.533. The van der Waals surface area contributed by atoms with Crippen molar-refractivity contribution in [3.8, 4) is 0 Å². The number of amides is 1. The Morgan fingerprint density at radius 3 is 2.67 bits per heavy atom. The van der Waals surface area contributed by atoms with Crippen LogP contribution in [0.3, 0.4) is 0 Å². The fourth-order valence-corrected chi connectivity index (χ4v) is 1.57. The Balaban J connectivity index is 2.31. The number of carbonyl (C=O) groups is 1. The summed E-state index contributed by atoms with van der Waals surface area (Å²) >= 11 is 0. The first-order chi connectivity index (χ1) is 10.1. The molecule has 0 bridgehead atoms. The molecule has 1 aromatic rings. The van der Waals surface area contributed by atoms with Gasteiger partial charge >= 0.3 is 0 Å². The Morgan fingerprint density at radius 2 is 2.05 bits per heavy atom. The van der Waals surface area contributed by atoms with Crippen LogP contribution in [0.15, 0.2) is 29.5 Å². The maximum atomic E-state index is 11.8. The average molecular weight is 291 g/mol. The van der Waals surface area contributed by atoms with Crippen LogP contribution in [0.1, 0.15) is 31.1 Å². The Labute approximate surface area is 126 Å². The highest BCUT2D eigenvalue weighted by Crippen LogP contribution is 1.94. The summed E-state index contributed by atoms with van der Waals surface area (Å²) in [4.78, 5) is 20.2. The number of hydrogen-bond donors (Lipinski definition) is 3. The zero-order valence-corrected chi connectivity index (χ0v) is 13.0. The fourth-order valence-electron chi connectivity index (χ4n) is 1.57. The van der Waals surface area contributed by atoms with Gasteiger partial charge in [0.2, 0.25) is 0 Å². The molecule has 0 saturated carbocycles. The van der Waals surface area contributed by atoms with E-state index < -0.39 is 0 Å². The van der Waals surface area contributed by atoms with E-state index in [-0.39, 0.29) is 5.91 Å². The number of rotatable bonds is 7. The van der Waals surface area contributed by atoms with Crippen molar-refractivity contribution < 1.29 is 4.79 Å². The van der Waals surface area contributed by atoms with E-state index in [4.69, 9.17) is 0 Å². The average Bonchev–Trinajstić information content (AvgIpc) is 2.49. The van der Waals surface area contributed by atoms with Crippen LogP contribution in [0.5, 0.6) is 0 Å². The molecule has 6 heteroatoms. The largest absolute Gasteiger partial charge is 0.357 e. The van der Waals surface area contributed by atoms with E-state index in [0.29, 0.717) is 24.6 Å². The molecule has 0 spiro atoms. The second-order valence-corrected chi connectivity index (χ2v) is 5.04. The number of carbonyl (C=O) groups excluding carboxylic acids is 1. The van der Waals surface area contributed by atoms with Gasteiger partial charge in [-0.15, -0.1) is 0 Å². The third-order valence-electron chi connectivity index (χ3n) is 2.59. The normalized spacial score (nSPS) is 11.3. The Kier molecular flexibility index (Phi) is 7.86.